The smallest absolute Gasteiger partial charge is 0.511 e. The van der Waals surface area contributed by atoms with Crippen LogP contribution in [0.3, 0.4) is 0 Å². The Kier molecular flexibility index (Phi) is 12.7. The number of rotatable bonds is 14. The first kappa shape index (κ1) is 39.4. The molecule has 20 heteroatoms. The summed E-state index contributed by atoms with van der Waals surface area (Å²) in [6.07, 6.45) is -7.39. The summed E-state index contributed by atoms with van der Waals surface area (Å²) in [7, 11) is -4.42. The molecule has 282 valence electrons. The van der Waals surface area contributed by atoms with E-state index in [0.717, 1.165) is 28.4 Å². The van der Waals surface area contributed by atoms with Gasteiger partial charge in [0, 0.05) is 18.9 Å². The van der Waals surface area contributed by atoms with E-state index in [9.17, 15) is 41.2 Å². The maximum absolute atomic E-state index is 13.5. The van der Waals surface area contributed by atoms with Crippen LogP contribution in [0.2, 0.25) is 0 Å². The monoisotopic (exact) mass is 754 g/mol. The molecule has 1 unspecified atom stereocenters. The summed E-state index contributed by atoms with van der Waals surface area (Å²) in [5.41, 5.74) is 0.471. The van der Waals surface area contributed by atoms with Crippen LogP contribution in [0.25, 0.3) is 16.9 Å². The molecule has 4 rings (SSSR count). The highest BCUT2D eigenvalue weighted by molar-refractivity contribution is 7.90. The fraction of sp³-hybridized carbons (Fsp3) is 0.438. The predicted molar refractivity (Wildman–Crippen MR) is 173 cm³/mol. The van der Waals surface area contributed by atoms with Gasteiger partial charge in [-0.25, -0.2) is 22.6 Å². The number of amides is 1. The van der Waals surface area contributed by atoms with Crippen LogP contribution >= 0.6 is 0 Å². The van der Waals surface area contributed by atoms with Gasteiger partial charge in [-0.3, -0.25) is 14.4 Å². The summed E-state index contributed by atoms with van der Waals surface area (Å²) < 4.78 is 84.0. The lowest BCUT2D eigenvalue weighted by Gasteiger charge is -2.20. The summed E-state index contributed by atoms with van der Waals surface area (Å²) in [6, 6.07) is 11.7. The Hall–Kier alpha value is -5.40. The number of aromatic nitrogens is 2. The van der Waals surface area contributed by atoms with Crippen molar-refractivity contribution in [3.05, 3.63) is 71.1 Å². The second-order valence-electron chi connectivity index (χ2n) is 11.9. The van der Waals surface area contributed by atoms with Crippen LogP contribution in [0.1, 0.15) is 57.7 Å². The number of benzene rings is 2. The largest absolute Gasteiger partial charge is 0.569 e. The molecule has 0 bridgehead atoms. The average Bonchev–Trinajstić information content (AvgIpc) is 3.73. The van der Waals surface area contributed by atoms with Gasteiger partial charge in [0.15, 0.2) is 5.69 Å². The quantitative estimate of drug-likeness (QED) is 0.0747. The molecule has 0 aliphatic carbocycles. The molecule has 0 radical (unpaired) electrons. The fourth-order valence-corrected chi connectivity index (χ4v) is 5.91. The molecular weight excluding hydrogens is 717 g/mol. The molecule has 1 N–H and O–H groups in total. The van der Waals surface area contributed by atoms with E-state index in [4.69, 9.17) is 19.0 Å². The minimum absolute atomic E-state index is 0.125. The van der Waals surface area contributed by atoms with Gasteiger partial charge in [-0.15, -0.1) is 5.01 Å². The third-order valence-corrected chi connectivity index (χ3v) is 8.79. The Morgan fingerprint density at radius 1 is 1.06 bits per heavy atom. The first-order valence-corrected chi connectivity index (χ1v) is 17.4. The summed E-state index contributed by atoms with van der Waals surface area (Å²) in [5, 5.41) is 20.7. The Balaban J connectivity index is 1.29. The van der Waals surface area contributed by atoms with Gasteiger partial charge in [0.2, 0.25) is 11.2 Å². The zero-order valence-electron chi connectivity index (χ0n) is 28.5. The van der Waals surface area contributed by atoms with Gasteiger partial charge in [0.05, 0.1) is 40.3 Å². The highest BCUT2D eigenvalue weighted by atomic mass is 32.2. The zero-order chi connectivity index (χ0) is 38.2. The number of halogens is 3. The second-order valence-corrected chi connectivity index (χ2v) is 13.6. The van der Waals surface area contributed by atoms with Crippen LogP contribution in [0.4, 0.5) is 18.0 Å². The van der Waals surface area contributed by atoms with Crippen LogP contribution in [-0.4, -0.2) is 77.8 Å². The van der Waals surface area contributed by atoms with Crippen molar-refractivity contribution in [3.63, 3.8) is 0 Å². The first-order chi connectivity index (χ1) is 24.4. The topological polar surface area (TPSA) is 194 Å². The number of alkyl halides is 3. The van der Waals surface area contributed by atoms with E-state index in [1.54, 1.807) is 38.1 Å². The molecule has 52 heavy (non-hydrogen) atoms. The van der Waals surface area contributed by atoms with E-state index >= 15 is 0 Å². The second kappa shape index (κ2) is 16.7. The molecule has 0 saturated carbocycles. The summed E-state index contributed by atoms with van der Waals surface area (Å²) >= 11 is 0. The van der Waals surface area contributed by atoms with Crippen molar-refractivity contribution in [2.75, 3.05) is 13.2 Å². The lowest BCUT2D eigenvalue weighted by molar-refractivity contribution is -0.716. The molecule has 3 aromatic rings. The van der Waals surface area contributed by atoms with E-state index in [1.807, 2.05) is 11.6 Å². The number of hydrogen-bond acceptors (Lipinski definition) is 12. The predicted octanol–water partition coefficient (Wildman–Crippen LogP) is 5.18. The number of nitrogens with one attached hydrogen (secondary N) is 1. The van der Waals surface area contributed by atoms with Crippen LogP contribution < -0.4 is 4.72 Å². The molecule has 1 aromatic heterocycles. The standard InChI is InChI=1S/C32H37F3N6O10S/c1-20(2)49-31(44)50-22(4)51-38-41(45)39-17-5-6-25(39)19-48-30(43)16-15-29(42)37-52(46,47)26-13-11-24(12-14-26)40-27(18-28(36-40)32(33,34)35)23-9-7-21(3)8-10-23/h7-14,18,20,22,25H,5-6,15-17,19H2,1-4H3,(H,37,42)/t22?,25-/m0/s1. The highest BCUT2D eigenvalue weighted by Crippen LogP contribution is 2.33. The number of hydrazine groups is 1. The number of nitrogens with zero attached hydrogens (tertiary/aromatic N) is 5. The lowest BCUT2D eigenvalue weighted by atomic mass is 10.1. The summed E-state index contributed by atoms with van der Waals surface area (Å²) in [4.78, 5) is 41.0. The van der Waals surface area contributed by atoms with Gasteiger partial charge < -0.3 is 19.4 Å². The van der Waals surface area contributed by atoms with E-state index < -0.39 is 71.2 Å². The molecular formula is C32H37F3N6O10S. The Morgan fingerprint density at radius 3 is 2.37 bits per heavy atom. The van der Waals surface area contributed by atoms with Crippen molar-refractivity contribution in [1.29, 1.82) is 0 Å². The number of carbonyl (C=O) groups is 3. The number of sulfonamides is 1. The summed E-state index contributed by atoms with van der Waals surface area (Å²) in [5.74, 6) is -1.84. The molecule has 2 atom stereocenters. The average molecular weight is 755 g/mol. The van der Waals surface area contributed by atoms with Gasteiger partial charge in [-0.1, -0.05) is 29.8 Å². The van der Waals surface area contributed by atoms with Crippen molar-refractivity contribution in [1.82, 2.24) is 19.5 Å². The van der Waals surface area contributed by atoms with Crippen molar-refractivity contribution in [2.45, 2.75) is 82.9 Å². The zero-order valence-corrected chi connectivity index (χ0v) is 29.3. The highest BCUT2D eigenvalue weighted by Gasteiger charge is 2.36. The van der Waals surface area contributed by atoms with E-state index in [-0.39, 0.29) is 34.4 Å². The molecule has 16 nitrogen and oxygen atoms in total. The van der Waals surface area contributed by atoms with Gasteiger partial charge in [0.25, 0.3) is 16.3 Å². The first-order valence-electron chi connectivity index (χ1n) is 16.0. The number of aryl methyl sites for hydroxylation is 1. The van der Waals surface area contributed by atoms with Crippen LogP contribution in [0.15, 0.2) is 64.8 Å². The Morgan fingerprint density at radius 2 is 1.73 bits per heavy atom. The number of carbonyl (C=O) groups excluding carboxylic acids is 3. The Labute approximate surface area is 296 Å². The van der Waals surface area contributed by atoms with Crippen molar-refractivity contribution in [2.24, 2.45) is 5.28 Å². The lowest BCUT2D eigenvalue weighted by Crippen LogP contribution is -2.39. The minimum atomic E-state index is -4.73. The van der Waals surface area contributed by atoms with Crippen molar-refractivity contribution < 1.29 is 60.0 Å². The van der Waals surface area contributed by atoms with Crippen LogP contribution in [-0.2, 0) is 44.8 Å². The maximum atomic E-state index is 13.5. The molecule has 2 heterocycles. The maximum Gasteiger partial charge on any atom is 0.511 e. The van der Waals surface area contributed by atoms with Gasteiger partial charge in [0.1, 0.15) is 12.6 Å². The molecule has 1 aliphatic rings. The van der Waals surface area contributed by atoms with Gasteiger partial charge >= 0.3 is 18.3 Å². The summed E-state index contributed by atoms with van der Waals surface area (Å²) in [6.45, 7) is 6.41. The number of ether oxygens (including phenoxy) is 3. The van der Waals surface area contributed by atoms with E-state index in [1.165, 1.54) is 24.1 Å². The molecule has 1 amide bonds. The van der Waals surface area contributed by atoms with Gasteiger partial charge in [-0.2, -0.15) is 18.3 Å². The third-order valence-electron chi connectivity index (χ3n) is 7.41. The van der Waals surface area contributed by atoms with Crippen molar-refractivity contribution >= 4 is 28.1 Å². The molecule has 1 aliphatic heterocycles. The minimum Gasteiger partial charge on any atom is -0.569 e. The SMILES string of the molecule is Cc1ccc(-c2cc(C(F)(F)F)nn2-c2ccc(S(=O)(=O)NC(=O)CCC(=O)OC[C@@H]3CCCN3[N+]([O-])=NOC(C)OC(=O)OC(C)C)cc2)cc1. The molecule has 2 aromatic carbocycles. The van der Waals surface area contributed by atoms with E-state index in [2.05, 4.69) is 10.4 Å². The molecule has 1 fully saturated rings. The normalized spacial score (nSPS) is 15.7. The van der Waals surface area contributed by atoms with Crippen LogP contribution in [0.5, 0.6) is 0 Å². The van der Waals surface area contributed by atoms with E-state index in [0.29, 0.717) is 18.4 Å². The molecule has 0 spiro atoms. The number of esters is 1. The third kappa shape index (κ3) is 10.8. The fourth-order valence-electron chi connectivity index (χ4n) is 4.90. The number of hydrogen-bond donors (Lipinski definition) is 1. The van der Waals surface area contributed by atoms with Crippen LogP contribution in [0, 0.1) is 12.1 Å². The Bertz CT molecular complexity index is 1870. The molecule has 1 saturated heterocycles. The van der Waals surface area contributed by atoms with Crippen molar-refractivity contribution in [3.8, 4) is 16.9 Å². The van der Waals surface area contributed by atoms with Gasteiger partial charge in [-0.05, 0) is 63.9 Å².